The average molecular weight is 252 g/mol. The van der Waals surface area contributed by atoms with Crippen LogP contribution in [0.5, 0.6) is 0 Å². The first-order valence-corrected chi connectivity index (χ1v) is 4.39. The predicted octanol–water partition coefficient (Wildman–Crippen LogP) is 3.21. The van der Waals surface area contributed by atoms with Gasteiger partial charge in [0.15, 0.2) is 0 Å². The highest BCUT2D eigenvalue weighted by molar-refractivity contribution is 5.69. The van der Waals surface area contributed by atoms with Gasteiger partial charge in [0.05, 0.1) is 19.4 Å². The molecule has 16 heavy (non-hydrogen) atoms. The largest absolute Gasteiger partial charge is 0.466 e. The fourth-order valence-electron chi connectivity index (χ4n) is 0.775. The Balaban J connectivity index is 3.52. The highest BCUT2D eigenvalue weighted by atomic mass is 19.4. The number of ether oxygens (including phenoxy) is 1. The fourth-order valence-corrected chi connectivity index (χ4v) is 0.775. The van der Waals surface area contributed by atoms with Crippen molar-refractivity contribution >= 4 is 5.97 Å². The molecule has 0 unspecified atom stereocenters. The number of rotatable bonds is 5. The molecule has 0 radical (unpaired) electrons. The molecule has 0 saturated heterocycles. The third-order valence-electron chi connectivity index (χ3n) is 1.48. The summed E-state index contributed by atoms with van der Waals surface area (Å²) in [4.78, 5) is 10.6. The summed E-state index contributed by atoms with van der Waals surface area (Å²) in [5.74, 6) is -1.14. The van der Waals surface area contributed by atoms with E-state index in [1.807, 2.05) is 0 Å². The number of esters is 1. The van der Waals surface area contributed by atoms with E-state index in [1.165, 1.54) is 0 Å². The molecule has 0 N–H and O–H groups in total. The van der Waals surface area contributed by atoms with Crippen LogP contribution in [0.25, 0.3) is 0 Å². The fraction of sp³-hybridized carbons (Fsp3) is 0.875. The molecule has 0 aliphatic rings. The SMILES string of the molecule is O=C(CCC(F)(F)F)OCCCC(F)(F)F. The van der Waals surface area contributed by atoms with Crippen LogP contribution in [0.3, 0.4) is 0 Å². The van der Waals surface area contributed by atoms with Gasteiger partial charge >= 0.3 is 18.3 Å². The maximum atomic E-state index is 11.6. The van der Waals surface area contributed by atoms with Gasteiger partial charge in [0.25, 0.3) is 0 Å². The molecule has 0 aromatic rings. The zero-order valence-electron chi connectivity index (χ0n) is 8.12. The maximum absolute atomic E-state index is 11.6. The number of hydrogen-bond acceptors (Lipinski definition) is 2. The number of alkyl halides is 6. The van der Waals surface area contributed by atoms with Crippen molar-refractivity contribution in [3.63, 3.8) is 0 Å². The van der Waals surface area contributed by atoms with Crippen molar-refractivity contribution in [2.24, 2.45) is 0 Å². The smallest absolute Gasteiger partial charge is 0.389 e. The molecule has 0 amide bonds. The zero-order valence-corrected chi connectivity index (χ0v) is 8.12. The van der Waals surface area contributed by atoms with E-state index in [0.29, 0.717) is 0 Å². The molecule has 0 aliphatic heterocycles. The van der Waals surface area contributed by atoms with Crippen LogP contribution in [-0.4, -0.2) is 24.9 Å². The summed E-state index contributed by atoms with van der Waals surface area (Å²) in [5.41, 5.74) is 0. The van der Waals surface area contributed by atoms with Gasteiger partial charge in [-0.3, -0.25) is 4.79 Å². The highest BCUT2D eigenvalue weighted by Gasteiger charge is 2.29. The second kappa shape index (κ2) is 5.95. The maximum Gasteiger partial charge on any atom is 0.389 e. The van der Waals surface area contributed by atoms with E-state index in [-0.39, 0.29) is 0 Å². The minimum absolute atomic E-state index is 0.443. The molecule has 0 heterocycles. The molecule has 0 fully saturated rings. The van der Waals surface area contributed by atoms with E-state index in [0.717, 1.165) is 0 Å². The van der Waals surface area contributed by atoms with E-state index in [9.17, 15) is 31.1 Å². The zero-order chi connectivity index (χ0) is 12.8. The molecule has 0 atom stereocenters. The van der Waals surface area contributed by atoms with Crippen LogP contribution in [0.1, 0.15) is 25.7 Å². The summed E-state index contributed by atoms with van der Waals surface area (Å²) in [6.07, 6.45) is -12.6. The van der Waals surface area contributed by atoms with Gasteiger partial charge in [0.1, 0.15) is 0 Å². The van der Waals surface area contributed by atoms with Gasteiger partial charge in [0.2, 0.25) is 0 Å². The molecular weight excluding hydrogens is 242 g/mol. The lowest BCUT2D eigenvalue weighted by molar-refractivity contribution is -0.159. The third-order valence-corrected chi connectivity index (χ3v) is 1.48. The number of hydrogen-bond donors (Lipinski definition) is 0. The van der Waals surface area contributed by atoms with Gasteiger partial charge in [-0.1, -0.05) is 0 Å². The van der Waals surface area contributed by atoms with E-state index in [4.69, 9.17) is 0 Å². The van der Waals surface area contributed by atoms with Gasteiger partial charge in [-0.25, -0.2) is 0 Å². The molecular formula is C8H10F6O2. The van der Waals surface area contributed by atoms with Crippen molar-refractivity contribution in [1.29, 1.82) is 0 Å². The predicted molar refractivity (Wildman–Crippen MR) is 41.5 cm³/mol. The molecule has 0 bridgehead atoms. The molecule has 0 aromatic heterocycles. The first kappa shape index (κ1) is 15.0. The van der Waals surface area contributed by atoms with Crippen LogP contribution < -0.4 is 0 Å². The van der Waals surface area contributed by atoms with Gasteiger partial charge in [-0.05, 0) is 6.42 Å². The highest BCUT2D eigenvalue weighted by Crippen LogP contribution is 2.22. The van der Waals surface area contributed by atoms with E-state index in [2.05, 4.69) is 4.74 Å². The lowest BCUT2D eigenvalue weighted by atomic mass is 10.3. The Labute approximate surface area is 87.6 Å². The Morgan fingerprint density at radius 3 is 1.88 bits per heavy atom. The van der Waals surface area contributed by atoms with E-state index >= 15 is 0 Å². The second-order valence-electron chi connectivity index (χ2n) is 3.05. The molecule has 0 aromatic carbocycles. The normalized spacial score (nSPS) is 12.6. The van der Waals surface area contributed by atoms with Crippen LogP contribution in [0, 0.1) is 0 Å². The molecule has 0 aliphatic carbocycles. The summed E-state index contributed by atoms with van der Waals surface area (Å²) in [6, 6.07) is 0. The van der Waals surface area contributed by atoms with Gasteiger partial charge < -0.3 is 4.74 Å². The molecule has 0 spiro atoms. The standard InChI is InChI=1S/C8H10F6O2/c9-7(10,11)3-1-5-16-6(15)2-4-8(12,13)14/h1-5H2. The lowest BCUT2D eigenvalue weighted by Crippen LogP contribution is -2.14. The summed E-state index contributed by atoms with van der Waals surface area (Å²) in [7, 11) is 0. The van der Waals surface area contributed by atoms with Crippen LogP contribution >= 0.6 is 0 Å². The van der Waals surface area contributed by atoms with Crippen LogP contribution in [-0.2, 0) is 9.53 Å². The Bertz CT molecular complexity index is 220. The average Bonchev–Trinajstić information content (AvgIpc) is 2.06. The minimum Gasteiger partial charge on any atom is -0.466 e. The Morgan fingerprint density at radius 2 is 1.44 bits per heavy atom. The molecule has 0 rings (SSSR count). The summed E-state index contributed by atoms with van der Waals surface area (Å²) >= 11 is 0. The molecule has 2 nitrogen and oxygen atoms in total. The van der Waals surface area contributed by atoms with Crippen LogP contribution in [0.4, 0.5) is 26.3 Å². The molecule has 0 saturated carbocycles. The van der Waals surface area contributed by atoms with Crippen LogP contribution in [0.2, 0.25) is 0 Å². The first-order chi connectivity index (χ1) is 7.10. The van der Waals surface area contributed by atoms with Crippen molar-refractivity contribution in [3.05, 3.63) is 0 Å². The number of halogens is 6. The Hall–Kier alpha value is -0.950. The van der Waals surface area contributed by atoms with Crippen molar-refractivity contribution < 1.29 is 35.9 Å². The molecule has 8 heteroatoms. The van der Waals surface area contributed by atoms with Gasteiger partial charge in [-0.15, -0.1) is 0 Å². The molecule has 96 valence electrons. The summed E-state index contributed by atoms with van der Waals surface area (Å²) in [5, 5.41) is 0. The Kier molecular flexibility index (Phi) is 5.60. The van der Waals surface area contributed by atoms with Crippen molar-refractivity contribution in [2.45, 2.75) is 38.0 Å². The van der Waals surface area contributed by atoms with Crippen molar-refractivity contribution in [2.75, 3.05) is 6.61 Å². The lowest BCUT2D eigenvalue weighted by Gasteiger charge is -2.08. The van der Waals surface area contributed by atoms with Crippen molar-refractivity contribution in [3.8, 4) is 0 Å². The summed E-state index contributed by atoms with van der Waals surface area (Å²) in [6.45, 7) is -0.518. The summed E-state index contributed by atoms with van der Waals surface area (Å²) < 4.78 is 73.8. The van der Waals surface area contributed by atoms with Gasteiger partial charge in [0, 0.05) is 6.42 Å². The van der Waals surface area contributed by atoms with E-state index < -0.39 is 50.6 Å². The van der Waals surface area contributed by atoms with E-state index in [1.54, 1.807) is 0 Å². The topological polar surface area (TPSA) is 26.3 Å². The second-order valence-corrected chi connectivity index (χ2v) is 3.05. The minimum atomic E-state index is -4.47. The third kappa shape index (κ3) is 11.1. The Morgan fingerprint density at radius 1 is 0.938 bits per heavy atom. The number of carbonyl (C=O) groups excluding carboxylic acids is 1. The monoisotopic (exact) mass is 252 g/mol. The quantitative estimate of drug-likeness (QED) is 0.426. The first-order valence-electron chi connectivity index (χ1n) is 4.39. The number of carbonyl (C=O) groups is 1. The van der Waals surface area contributed by atoms with Crippen LogP contribution in [0.15, 0.2) is 0 Å². The van der Waals surface area contributed by atoms with Gasteiger partial charge in [-0.2, -0.15) is 26.3 Å². The van der Waals surface area contributed by atoms with Crippen molar-refractivity contribution in [1.82, 2.24) is 0 Å².